The minimum absolute atomic E-state index is 0.199. The molecule has 30 valence electrons. The molecule has 0 aromatic rings. The lowest BCUT2D eigenvalue weighted by molar-refractivity contribution is 0.266. The molecule has 2 atom stereocenters. The summed E-state index contributed by atoms with van der Waals surface area (Å²) >= 11 is 0. The molecular weight excluding hydrogens is 66.0 g/mol. The van der Waals surface area contributed by atoms with E-state index < -0.39 is 0 Å². The Morgan fingerprint density at radius 1 is 1.80 bits per heavy atom. The highest BCUT2D eigenvalue weighted by Gasteiger charge is 2.27. The van der Waals surface area contributed by atoms with Crippen LogP contribution in [0.3, 0.4) is 0 Å². The topological polar surface area (TPSA) is 42.2 Å². The third-order valence-corrected chi connectivity index (χ3v) is 0.798. The molecule has 1 heterocycles. The Bertz CT molecular complexity index is 40.2. The van der Waals surface area contributed by atoms with E-state index in [4.69, 9.17) is 5.11 Å². The Kier molecular flexibility index (Phi) is 0.436. The largest absolute Gasteiger partial charge is 0.377 e. The van der Waals surface area contributed by atoms with Gasteiger partial charge in [0.15, 0.2) is 0 Å². The predicted molar refractivity (Wildman–Crippen MR) is 18.6 cm³/mol. The Morgan fingerprint density at radius 2 is 2.00 bits per heavy atom. The van der Waals surface area contributed by atoms with Gasteiger partial charge in [0.25, 0.3) is 0 Å². The van der Waals surface area contributed by atoms with Crippen LogP contribution in [0.15, 0.2) is 0 Å². The number of hydrogen-bond donors (Lipinski definition) is 2. The van der Waals surface area contributed by atoms with Crippen molar-refractivity contribution in [2.45, 2.75) is 19.2 Å². The quantitative estimate of drug-likeness (QED) is 0.372. The van der Waals surface area contributed by atoms with Crippen LogP contribution in [-0.2, 0) is 0 Å². The fourth-order valence-electron chi connectivity index (χ4n) is 0.214. The van der Waals surface area contributed by atoms with Crippen LogP contribution in [0, 0.1) is 0 Å². The summed E-state index contributed by atoms with van der Waals surface area (Å²) in [5.74, 6) is 0. The van der Waals surface area contributed by atoms with Crippen molar-refractivity contribution >= 4 is 0 Å². The van der Waals surface area contributed by atoms with Crippen molar-refractivity contribution in [2.24, 2.45) is 0 Å². The minimum Gasteiger partial charge on any atom is -0.377 e. The van der Waals surface area contributed by atoms with Crippen molar-refractivity contribution in [3.05, 3.63) is 0 Å². The van der Waals surface area contributed by atoms with Gasteiger partial charge in [0, 0.05) is 6.04 Å². The van der Waals surface area contributed by atoms with Crippen LogP contribution in [-0.4, -0.2) is 17.4 Å². The second-order valence-electron chi connectivity index (χ2n) is 1.40. The molecular formula is C3H7NO. The zero-order valence-electron chi connectivity index (χ0n) is 3.10. The van der Waals surface area contributed by atoms with Gasteiger partial charge in [0.2, 0.25) is 0 Å². The number of nitrogens with one attached hydrogen (secondary N) is 1. The molecule has 2 heteroatoms. The summed E-state index contributed by atoms with van der Waals surface area (Å²) in [7, 11) is 0. The van der Waals surface area contributed by atoms with E-state index in [1.165, 1.54) is 0 Å². The van der Waals surface area contributed by atoms with Gasteiger partial charge in [-0.3, -0.25) is 5.32 Å². The van der Waals surface area contributed by atoms with Crippen LogP contribution >= 0.6 is 0 Å². The van der Waals surface area contributed by atoms with E-state index in [-0.39, 0.29) is 6.23 Å². The summed E-state index contributed by atoms with van der Waals surface area (Å²) < 4.78 is 0. The molecule has 0 bridgehead atoms. The molecule has 1 fully saturated rings. The van der Waals surface area contributed by atoms with E-state index >= 15 is 0 Å². The van der Waals surface area contributed by atoms with Gasteiger partial charge in [-0.2, -0.15) is 0 Å². The first-order chi connectivity index (χ1) is 2.30. The third-order valence-electron chi connectivity index (χ3n) is 0.798. The lowest BCUT2D eigenvalue weighted by Gasteiger charge is -1.63. The molecule has 1 saturated heterocycles. The van der Waals surface area contributed by atoms with Crippen molar-refractivity contribution < 1.29 is 5.11 Å². The number of aliphatic hydroxyl groups excluding tert-OH is 1. The first-order valence-electron chi connectivity index (χ1n) is 1.75. The van der Waals surface area contributed by atoms with Crippen LogP contribution in [0.1, 0.15) is 6.92 Å². The normalized spacial score (nSPS) is 49.2. The lowest BCUT2D eigenvalue weighted by atomic mass is 10.5. The fourth-order valence-corrected chi connectivity index (χ4v) is 0.214. The molecule has 5 heavy (non-hydrogen) atoms. The molecule has 0 saturated carbocycles. The predicted octanol–water partition coefficient (Wildman–Crippen LogP) is -0.704. The first kappa shape index (κ1) is 3.12. The average molecular weight is 73.1 g/mol. The Balaban J connectivity index is 2.20. The zero-order valence-corrected chi connectivity index (χ0v) is 3.10. The molecule has 0 aliphatic carbocycles. The van der Waals surface area contributed by atoms with E-state index in [0.717, 1.165) is 0 Å². The van der Waals surface area contributed by atoms with Gasteiger partial charge in [-0.25, -0.2) is 0 Å². The van der Waals surface area contributed by atoms with E-state index in [9.17, 15) is 0 Å². The van der Waals surface area contributed by atoms with Crippen molar-refractivity contribution in [3.8, 4) is 0 Å². The smallest absolute Gasteiger partial charge is 0.120 e. The van der Waals surface area contributed by atoms with E-state index in [1.54, 1.807) is 0 Å². The monoisotopic (exact) mass is 73.1 g/mol. The summed E-state index contributed by atoms with van der Waals surface area (Å²) in [5.41, 5.74) is 0. The first-order valence-corrected chi connectivity index (χ1v) is 1.75. The van der Waals surface area contributed by atoms with Crippen molar-refractivity contribution in [1.29, 1.82) is 0 Å². The highest BCUT2D eigenvalue weighted by Crippen LogP contribution is 2.02. The van der Waals surface area contributed by atoms with Crippen LogP contribution in [0.4, 0.5) is 0 Å². The zero-order chi connectivity index (χ0) is 3.86. The van der Waals surface area contributed by atoms with E-state index in [0.29, 0.717) is 6.04 Å². The van der Waals surface area contributed by atoms with Gasteiger partial charge in [-0.1, -0.05) is 0 Å². The van der Waals surface area contributed by atoms with Gasteiger partial charge in [-0.15, -0.1) is 0 Å². The van der Waals surface area contributed by atoms with E-state index in [1.807, 2.05) is 6.92 Å². The Labute approximate surface area is 30.8 Å². The van der Waals surface area contributed by atoms with Gasteiger partial charge in [0.1, 0.15) is 6.23 Å². The van der Waals surface area contributed by atoms with Crippen LogP contribution in [0.25, 0.3) is 0 Å². The average Bonchev–Trinajstić information content (AvgIpc) is 1.79. The molecule has 0 spiro atoms. The number of rotatable bonds is 0. The summed E-state index contributed by atoms with van der Waals surface area (Å²) in [6.45, 7) is 1.94. The second-order valence-corrected chi connectivity index (χ2v) is 1.40. The van der Waals surface area contributed by atoms with Crippen molar-refractivity contribution in [1.82, 2.24) is 5.32 Å². The van der Waals surface area contributed by atoms with E-state index in [2.05, 4.69) is 5.32 Å². The SMILES string of the molecule is CC1NC1O. The summed E-state index contributed by atoms with van der Waals surface area (Å²) in [6, 6.07) is 0.356. The maximum Gasteiger partial charge on any atom is 0.120 e. The van der Waals surface area contributed by atoms with Crippen LogP contribution in [0.5, 0.6) is 0 Å². The summed E-state index contributed by atoms with van der Waals surface area (Å²) in [5, 5.41) is 11.1. The number of aliphatic hydroxyl groups is 1. The molecule has 2 N–H and O–H groups in total. The highest BCUT2D eigenvalue weighted by atomic mass is 16.3. The minimum atomic E-state index is -0.199. The lowest BCUT2D eigenvalue weighted by Crippen LogP contribution is -1.81. The summed E-state index contributed by atoms with van der Waals surface area (Å²) in [6.07, 6.45) is -0.199. The molecule has 2 unspecified atom stereocenters. The summed E-state index contributed by atoms with van der Waals surface area (Å²) in [4.78, 5) is 0. The van der Waals surface area contributed by atoms with Gasteiger partial charge in [0.05, 0.1) is 0 Å². The molecule has 0 aromatic carbocycles. The van der Waals surface area contributed by atoms with Gasteiger partial charge >= 0.3 is 0 Å². The highest BCUT2D eigenvalue weighted by molar-refractivity contribution is 4.83. The van der Waals surface area contributed by atoms with Gasteiger partial charge < -0.3 is 5.11 Å². The Morgan fingerprint density at radius 3 is 2.00 bits per heavy atom. The standard InChI is InChI=1S/C3H7NO/c1-2-3(5)4-2/h2-5H,1H3. The molecule has 2 nitrogen and oxygen atoms in total. The maximum absolute atomic E-state index is 8.32. The maximum atomic E-state index is 8.32. The Hall–Kier alpha value is -0.0800. The fraction of sp³-hybridized carbons (Fsp3) is 1.00. The van der Waals surface area contributed by atoms with Crippen molar-refractivity contribution in [2.75, 3.05) is 0 Å². The van der Waals surface area contributed by atoms with Crippen molar-refractivity contribution in [3.63, 3.8) is 0 Å². The molecule has 1 aliphatic heterocycles. The molecule has 0 aromatic heterocycles. The third kappa shape index (κ3) is 0.412. The van der Waals surface area contributed by atoms with Crippen LogP contribution < -0.4 is 5.32 Å². The molecule has 0 amide bonds. The second kappa shape index (κ2) is 0.698. The van der Waals surface area contributed by atoms with Gasteiger partial charge in [-0.05, 0) is 6.92 Å². The molecule has 1 aliphatic rings. The number of hydrogen-bond acceptors (Lipinski definition) is 2. The molecule has 1 rings (SSSR count). The van der Waals surface area contributed by atoms with Crippen LogP contribution in [0.2, 0.25) is 0 Å². The molecule has 0 radical (unpaired) electrons.